The predicted octanol–water partition coefficient (Wildman–Crippen LogP) is 2.16. The van der Waals surface area contributed by atoms with Crippen molar-refractivity contribution in [2.24, 2.45) is 0 Å². The van der Waals surface area contributed by atoms with Crippen LogP contribution in [0.2, 0.25) is 0 Å². The lowest BCUT2D eigenvalue weighted by molar-refractivity contribution is -0.0205. The van der Waals surface area contributed by atoms with Gasteiger partial charge in [-0.15, -0.1) is 0 Å². The van der Waals surface area contributed by atoms with Crippen LogP contribution in [-0.2, 0) is 4.74 Å². The van der Waals surface area contributed by atoms with Gasteiger partial charge >= 0.3 is 0 Å². The van der Waals surface area contributed by atoms with Crippen LogP contribution in [0, 0.1) is 0 Å². The highest BCUT2D eigenvalue weighted by Gasteiger charge is 2.36. The average Bonchev–Trinajstić information content (AvgIpc) is 2.30. The lowest BCUT2D eigenvalue weighted by Gasteiger charge is -2.41. The van der Waals surface area contributed by atoms with Gasteiger partial charge in [-0.05, 0) is 45.9 Å². The number of aliphatic hydroxyl groups is 1. The Kier molecular flexibility index (Phi) is 4.81. The van der Waals surface area contributed by atoms with Crippen LogP contribution in [0.15, 0.2) is 11.8 Å². The maximum atomic E-state index is 10.4. The molecule has 0 aromatic rings. The largest absolute Gasteiger partial charge is 0.495 e. The highest BCUT2D eigenvalue weighted by Crippen LogP contribution is 2.26. The second-order valence-corrected chi connectivity index (χ2v) is 4.83. The van der Waals surface area contributed by atoms with Gasteiger partial charge in [-0.2, -0.15) is 0 Å². The van der Waals surface area contributed by atoms with E-state index < -0.39 is 6.10 Å². The Balaban J connectivity index is 2.76. The van der Waals surface area contributed by atoms with Crippen LogP contribution >= 0.6 is 0 Å². The molecule has 0 aliphatic carbocycles. The van der Waals surface area contributed by atoms with Crippen LogP contribution in [0.4, 0.5) is 0 Å². The van der Waals surface area contributed by atoms with Crippen molar-refractivity contribution in [2.45, 2.75) is 52.2 Å². The van der Waals surface area contributed by atoms with Crippen molar-refractivity contribution in [1.29, 1.82) is 0 Å². The Hall–Kier alpha value is -0.540. The zero-order valence-electron chi connectivity index (χ0n) is 11.0. The first-order chi connectivity index (χ1) is 7.54. The van der Waals surface area contributed by atoms with E-state index in [1.807, 2.05) is 6.08 Å². The molecule has 0 spiro atoms. The Morgan fingerprint density at radius 2 is 2.06 bits per heavy atom. The van der Waals surface area contributed by atoms with Gasteiger partial charge in [-0.1, -0.05) is 13.8 Å². The van der Waals surface area contributed by atoms with Gasteiger partial charge in [0.1, 0.15) is 11.9 Å². The van der Waals surface area contributed by atoms with E-state index in [0.29, 0.717) is 0 Å². The summed E-state index contributed by atoms with van der Waals surface area (Å²) in [7, 11) is 0. The number of ether oxygens (including phenoxy) is 1. The second-order valence-electron chi connectivity index (χ2n) is 4.83. The molecule has 0 aromatic carbocycles. The molecule has 1 aliphatic rings. The molecule has 0 saturated heterocycles. The second kappa shape index (κ2) is 5.69. The third-order valence-electron chi connectivity index (χ3n) is 3.48. The van der Waals surface area contributed by atoms with Gasteiger partial charge in [0.05, 0.1) is 6.61 Å². The van der Waals surface area contributed by atoms with E-state index in [9.17, 15) is 5.11 Å². The lowest BCUT2D eigenvalue weighted by atomic mass is 9.92. The minimum atomic E-state index is -0.535. The SMILES string of the molecule is CCN(CC)C(C)(C)C(O)C1=CCCCO1. The van der Waals surface area contributed by atoms with E-state index in [4.69, 9.17) is 4.74 Å². The summed E-state index contributed by atoms with van der Waals surface area (Å²) in [5.41, 5.74) is -0.271. The molecule has 1 rings (SSSR count). The zero-order chi connectivity index (χ0) is 12.2. The van der Waals surface area contributed by atoms with E-state index in [0.717, 1.165) is 38.3 Å². The van der Waals surface area contributed by atoms with Gasteiger partial charge in [-0.3, -0.25) is 4.90 Å². The molecule has 94 valence electrons. The quantitative estimate of drug-likeness (QED) is 0.781. The van der Waals surface area contributed by atoms with Crippen molar-refractivity contribution in [3.05, 3.63) is 11.8 Å². The van der Waals surface area contributed by atoms with E-state index >= 15 is 0 Å². The number of hydrogen-bond acceptors (Lipinski definition) is 3. The predicted molar refractivity (Wildman–Crippen MR) is 66.3 cm³/mol. The molecule has 0 bridgehead atoms. The highest BCUT2D eigenvalue weighted by atomic mass is 16.5. The molecule has 1 unspecified atom stereocenters. The van der Waals surface area contributed by atoms with Crippen LogP contribution < -0.4 is 0 Å². The number of likely N-dealkylation sites (N-methyl/N-ethyl adjacent to an activating group) is 1. The molecule has 16 heavy (non-hydrogen) atoms. The minimum Gasteiger partial charge on any atom is -0.495 e. The van der Waals surface area contributed by atoms with Crippen molar-refractivity contribution >= 4 is 0 Å². The van der Waals surface area contributed by atoms with Gasteiger partial charge in [0, 0.05) is 5.54 Å². The first kappa shape index (κ1) is 13.5. The maximum Gasteiger partial charge on any atom is 0.128 e. The van der Waals surface area contributed by atoms with Gasteiger partial charge in [0.25, 0.3) is 0 Å². The monoisotopic (exact) mass is 227 g/mol. The molecule has 1 heterocycles. The normalized spacial score (nSPS) is 19.2. The molecule has 0 radical (unpaired) electrons. The zero-order valence-corrected chi connectivity index (χ0v) is 11.0. The van der Waals surface area contributed by atoms with Crippen LogP contribution in [0.3, 0.4) is 0 Å². The fourth-order valence-electron chi connectivity index (χ4n) is 2.33. The van der Waals surface area contributed by atoms with Crippen molar-refractivity contribution in [3.8, 4) is 0 Å². The van der Waals surface area contributed by atoms with Crippen LogP contribution in [-0.4, -0.2) is 41.3 Å². The summed E-state index contributed by atoms with van der Waals surface area (Å²) in [4.78, 5) is 2.26. The molecule has 3 heteroatoms. The molecule has 0 saturated carbocycles. The standard InChI is InChI=1S/C13H25NO2/c1-5-14(6-2)13(3,4)12(15)11-9-7-8-10-16-11/h9,12,15H,5-8,10H2,1-4H3. The third kappa shape index (κ3) is 2.77. The molecule has 3 nitrogen and oxygen atoms in total. The van der Waals surface area contributed by atoms with Crippen molar-refractivity contribution in [1.82, 2.24) is 4.90 Å². The molecule has 1 atom stereocenters. The molecule has 0 aromatic heterocycles. The van der Waals surface area contributed by atoms with Crippen molar-refractivity contribution < 1.29 is 9.84 Å². The number of nitrogens with zero attached hydrogens (tertiary/aromatic N) is 1. The van der Waals surface area contributed by atoms with Crippen molar-refractivity contribution in [3.63, 3.8) is 0 Å². The van der Waals surface area contributed by atoms with Gasteiger partial charge < -0.3 is 9.84 Å². The fourth-order valence-corrected chi connectivity index (χ4v) is 2.33. The van der Waals surface area contributed by atoms with Gasteiger partial charge in [-0.25, -0.2) is 0 Å². The molecular weight excluding hydrogens is 202 g/mol. The average molecular weight is 227 g/mol. The first-order valence-electron chi connectivity index (χ1n) is 6.30. The molecule has 1 aliphatic heterocycles. The maximum absolute atomic E-state index is 10.4. The Morgan fingerprint density at radius 3 is 2.50 bits per heavy atom. The van der Waals surface area contributed by atoms with Gasteiger partial charge in [0.2, 0.25) is 0 Å². The third-order valence-corrected chi connectivity index (χ3v) is 3.48. The number of allylic oxidation sites excluding steroid dienone is 1. The number of hydrogen-bond donors (Lipinski definition) is 1. The topological polar surface area (TPSA) is 32.7 Å². The summed E-state index contributed by atoms with van der Waals surface area (Å²) >= 11 is 0. The molecule has 0 fully saturated rings. The minimum absolute atomic E-state index is 0.271. The number of rotatable bonds is 5. The number of aliphatic hydroxyl groups excluding tert-OH is 1. The summed E-state index contributed by atoms with van der Waals surface area (Å²) in [5, 5.41) is 10.4. The summed E-state index contributed by atoms with van der Waals surface area (Å²) in [6.07, 6.45) is 3.56. The van der Waals surface area contributed by atoms with Crippen LogP contribution in [0.1, 0.15) is 40.5 Å². The Morgan fingerprint density at radius 1 is 1.44 bits per heavy atom. The van der Waals surface area contributed by atoms with Crippen LogP contribution in [0.5, 0.6) is 0 Å². The smallest absolute Gasteiger partial charge is 0.128 e. The summed E-state index contributed by atoms with van der Waals surface area (Å²) in [6.45, 7) is 11.0. The first-order valence-corrected chi connectivity index (χ1v) is 6.30. The van der Waals surface area contributed by atoms with E-state index in [-0.39, 0.29) is 5.54 Å². The van der Waals surface area contributed by atoms with E-state index in [1.165, 1.54) is 0 Å². The molecule has 1 N–H and O–H groups in total. The molecule has 0 amide bonds. The fraction of sp³-hybridized carbons (Fsp3) is 0.846. The lowest BCUT2D eigenvalue weighted by Crippen LogP contribution is -2.53. The van der Waals surface area contributed by atoms with Crippen LogP contribution in [0.25, 0.3) is 0 Å². The van der Waals surface area contributed by atoms with E-state index in [2.05, 4.69) is 32.6 Å². The molecular formula is C13H25NO2. The summed E-state index contributed by atoms with van der Waals surface area (Å²) < 4.78 is 5.55. The van der Waals surface area contributed by atoms with E-state index in [1.54, 1.807) is 0 Å². The van der Waals surface area contributed by atoms with Gasteiger partial charge in [0.15, 0.2) is 0 Å². The summed E-state index contributed by atoms with van der Waals surface area (Å²) in [6, 6.07) is 0. The summed E-state index contributed by atoms with van der Waals surface area (Å²) in [5.74, 6) is 0.753. The Labute approximate surface area is 99.1 Å². The highest BCUT2D eigenvalue weighted by molar-refractivity contribution is 5.10. The Bertz CT molecular complexity index is 244. The van der Waals surface area contributed by atoms with Crippen molar-refractivity contribution in [2.75, 3.05) is 19.7 Å².